The molecule has 0 bridgehead atoms. The van der Waals surface area contributed by atoms with Gasteiger partial charge in [0.05, 0.1) is 0 Å². The molecule has 0 spiro atoms. The summed E-state index contributed by atoms with van der Waals surface area (Å²) in [6, 6.07) is 0. The minimum absolute atomic E-state index is 0.195. The monoisotopic (exact) mass is 297 g/mol. The molecule has 0 saturated heterocycles. The molecule has 0 aromatic carbocycles. The third kappa shape index (κ3) is 2.67. The first-order valence-corrected chi connectivity index (χ1v) is 5.90. The normalized spacial score (nSPS) is 19.3. The quantitative estimate of drug-likeness (QED) is 0.543. The van der Waals surface area contributed by atoms with E-state index in [2.05, 4.69) is 43.2 Å². The van der Waals surface area contributed by atoms with Gasteiger partial charge in [-0.3, -0.25) is 0 Å². The van der Waals surface area contributed by atoms with Crippen molar-refractivity contribution < 1.29 is 21.2 Å². The van der Waals surface area contributed by atoms with Crippen LogP contribution in [0.15, 0.2) is 30.4 Å². The molecular weight excluding hydrogens is 291 g/mol. The summed E-state index contributed by atoms with van der Waals surface area (Å²) in [6.45, 7) is 2.13. The Kier molecular flexibility index (Phi) is 2.98. The Balaban J connectivity index is 2.82. The molecule has 0 amide bonds. The van der Waals surface area contributed by atoms with Crippen molar-refractivity contribution in [3.8, 4) is 0 Å². The molecule has 0 aliphatic carbocycles. The zero-order valence-electron chi connectivity index (χ0n) is 5.07. The fraction of sp³-hybridized carbons (Fsp3) is 0.143. The molecule has 1 aliphatic rings. The van der Waals surface area contributed by atoms with Crippen LogP contribution in [-0.2, 0) is 0 Å². The van der Waals surface area contributed by atoms with Gasteiger partial charge in [0, 0.05) is 0 Å². The molecule has 0 aromatic heterocycles. The van der Waals surface area contributed by atoms with Gasteiger partial charge in [-0.1, -0.05) is 0 Å². The Bertz CT molecular complexity index is 189. The molecule has 1 rings (SSSR count). The summed E-state index contributed by atoms with van der Waals surface area (Å²) < 4.78 is 5.74. The average molecular weight is 298 g/mol. The van der Waals surface area contributed by atoms with Crippen molar-refractivity contribution in [3.05, 3.63) is 30.4 Å². The molecule has 0 atom stereocenters. The van der Waals surface area contributed by atoms with Gasteiger partial charge in [0.2, 0.25) is 0 Å². The van der Waals surface area contributed by atoms with Crippen LogP contribution in [0.4, 0.5) is 0 Å². The van der Waals surface area contributed by atoms with Crippen LogP contribution in [0.1, 0.15) is 6.92 Å². The zero-order valence-corrected chi connectivity index (χ0v) is 8.81. The van der Waals surface area contributed by atoms with Gasteiger partial charge in [-0.05, 0) is 0 Å². The summed E-state index contributed by atoms with van der Waals surface area (Å²) in [5, 5.41) is 0. The maximum atomic E-state index is 3.43. The molecule has 2 heteroatoms. The van der Waals surface area contributed by atoms with Crippen molar-refractivity contribution >= 4 is 15.9 Å². The van der Waals surface area contributed by atoms with Crippen LogP contribution in [0.5, 0.6) is 0 Å². The molecule has 9 heavy (non-hydrogen) atoms. The molecular formula is C7H7BrI-. The van der Waals surface area contributed by atoms with E-state index in [9.17, 15) is 0 Å². The number of hydrogen-bond donors (Lipinski definition) is 0. The predicted molar refractivity (Wildman–Crippen MR) is 39.9 cm³/mol. The minimum atomic E-state index is 0.195. The van der Waals surface area contributed by atoms with E-state index in [4.69, 9.17) is 0 Å². The van der Waals surface area contributed by atoms with E-state index >= 15 is 0 Å². The van der Waals surface area contributed by atoms with Crippen LogP contribution < -0.4 is 21.2 Å². The molecule has 0 aromatic rings. The van der Waals surface area contributed by atoms with Gasteiger partial charge in [-0.2, -0.15) is 0 Å². The van der Waals surface area contributed by atoms with E-state index in [1.807, 2.05) is 0 Å². The van der Waals surface area contributed by atoms with E-state index in [0.717, 1.165) is 0 Å². The topological polar surface area (TPSA) is 0 Å². The summed E-state index contributed by atoms with van der Waals surface area (Å²) in [7, 11) is 0. The van der Waals surface area contributed by atoms with Gasteiger partial charge in [0.25, 0.3) is 0 Å². The molecule has 0 nitrogen and oxygen atoms in total. The second-order valence-electron chi connectivity index (χ2n) is 1.80. The SMILES string of the molecule is CC1=C[I-]C=CC(Br)=C1. The molecule has 1 heterocycles. The molecule has 0 saturated carbocycles. The van der Waals surface area contributed by atoms with Crippen molar-refractivity contribution in [2.75, 3.05) is 0 Å². The molecule has 1 aliphatic heterocycles. The van der Waals surface area contributed by atoms with Crippen LogP contribution >= 0.6 is 15.9 Å². The van der Waals surface area contributed by atoms with Gasteiger partial charge in [-0.25, -0.2) is 0 Å². The fourth-order valence-corrected chi connectivity index (χ4v) is 3.07. The number of hydrogen-bond acceptors (Lipinski definition) is 0. The molecule has 50 valence electrons. The van der Waals surface area contributed by atoms with Crippen molar-refractivity contribution in [3.63, 3.8) is 0 Å². The van der Waals surface area contributed by atoms with Crippen LogP contribution in [0.2, 0.25) is 0 Å². The molecule has 0 radical (unpaired) electrons. The summed E-state index contributed by atoms with van der Waals surface area (Å²) in [4.78, 5) is 0. The third-order valence-electron chi connectivity index (χ3n) is 0.896. The molecule has 0 N–H and O–H groups in total. The molecule has 0 unspecified atom stereocenters. The zero-order chi connectivity index (χ0) is 6.69. The summed E-state index contributed by atoms with van der Waals surface area (Å²) in [5.41, 5.74) is 1.37. The average Bonchev–Trinajstić information content (AvgIpc) is 1.93. The maximum absolute atomic E-state index is 3.43. The Morgan fingerprint density at radius 1 is 1.56 bits per heavy atom. The Morgan fingerprint density at radius 3 is 3.11 bits per heavy atom. The van der Waals surface area contributed by atoms with E-state index < -0.39 is 0 Å². The molecule has 0 fully saturated rings. The first-order chi connectivity index (χ1) is 4.29. The predicted octanol–water partition coefficient (Wildman–Crippen LogP) is -0.215. The van der Waals surface area contributed by atoms with Crippen molar-refractivity contribution in [1.82, 2.24) is 0 Å². The van der Waals surface area contributed by atoms with Gasteiger partial charge < -0.3 is 0 Å². The number of rotatable bonds is 0. The Morgan fingerprint density at radius 2 is 2.33 bits per heavy atom. The summed E-state index contributed by atoms with van der Waals surface area (Å²) >= 11 is 3.62. The van der Waals surface area contributed by atoms with Crippen LogP contribution in [0.25, 0.3) is 0 Å². The third-order valence-corrected chi connectivity index (χ3v) is 3.51. The van der Waals surface area contributed by atoms with Crippen molar-refractivity contribution in [1.29, 1.82) is 0 Å². The van der Waals surface area contributed by atoms with E-state index in [1.54, 1.807) is 0 Å². The number of halogens is 2. The number of allylic oxidation sites excluding steroid dienone is 4. The van der Waals surface area contributed by atoms with E-state index in [-0.39, 0.29) is 21.2 Å². The van der Waals surface area contributed by atoms with E-state index in [0.29, 0.717) is 0 Å². The first-order valence-electron chi connectivity index (χ1n) is 2.61. The van der Waals surface area contributed by atoms with Crippen LogP contribution in [0, 0.1) is 0 Å². The van der Waals surface area contributed by atoms with Gasteiger partial charge in [0.1, 0.15) is 0 Å². The van der Waals surface area contributed by atoms with Crippen molar-refractivity contribution in [2.24, 2.45) is 0 Å². The fourth-order valence-electron chi connectivity index (χ4n) is 0.529. The van der Waals surface area contributed by atoms with Crippen LogP contribution in [-0.4, -0.2) is 0 Å². The second-order valence-corrected chi connectivity index (χ2v) is 4.78. The van der Waals surface area contributed by atoms with Crippen LogP contribution in [0.3, 0.4) is 0 Å². The Hall–Kier alpha value is 0.430. The van der Waals surface area contributed by atoms with Gasteiger partial charge >= 0.3 is 74.4 Å². The summed E-state index contributed by atoms with van der Waals surface area (Å²) in [6.07, 6.45) is 4.27. The van der Waals surface area contributed by atoms with E-state index in [1.165, 1.54) is 10.1 Å². The second kappa shape index (κ2) is 3.56. The van der Waals surface area contributed by atoms with Crippen molar-refractivity contribution in [2.45, 2.75) is 6.92 Å². The standard InChI is InChI=1S/C7H7BrI/c1-6-4-7(8)2-3-9-5-6/h2-5H,1H3/q-1. The summed E-state index contributed by atoms with van der Waals surface area (Å²) in [5.74, 6) is 0. The van der Waals surface area contributed by atoms with Gasteiger partial charge in [-0.15, -0.1) is 0 Å². The Labute approximate surface area is 74.1 Å². The van der Waals surface area contributed by atoms with Gasteiger partial charge in [0.15, 0.2) is 0 Å². The first kappa shape index (κ1) is 7.54.